The van der Waals surface area contributed by atoms with Crippen LogP contribution in [0.4, 0.5) is 0 Å². The van der Waals surface area contributed by atoms with Gasteiger partial charge in [-0.15, -0.1) is 0 Å². The van der Waals surface area contributed by atoms with Crippen LogP contribution in [0.1, 0.15) is 36.0 Å². The summed E-state index contributed by atoms with van der Waals surface area (Å²) in [5.74, 6) is -0.0490. The van der Waals surface area contributed by atoms with Crippen LogP contribution in [0, 0.1) is 0 Å². The molecule has 1 amide bonds. The van der Waals surface area contributed by atoms with E-state index < -0.39 is 0 Å². The van der Waals surface area contributed by atoms with Crippen molar-refractivity contribution in [2.75, 3.05) is 6.61 Å². The van der Waals surface area contributed by atoms with Gasteiger partial charge in [0.15, 0.2) is 0 Å². The Hall–Kier alpha value is -1.65. The first-order valence-electron chi connectivity index (χ1n) is 7.66. The quantitative estimate of drug-likeness (QED) is 0.924. The van der Waals surface area contributed by atoms with E-state index in [1.807, 2.05) is 6.07 Å². The van der Waals surface area contributed by atoms with E-state index in [1.54, 1.807) is 24.4 Å². The molecule has 0 bridgehead atoms. The van der Waals surface area contributed by atoms with Crippen LogP contribution >= 0.6 is 11.6 Å². The molecule has 0 radical (unpaired) electrons. The van der Waals surface area contributed by atoms with Crippen LogP contribution in [0.15, 0.2) is 30.5 Å². The summed E-state index contributed by atoms with van der Waals surface area (Å²) in [6.07, 6.45) is 5.86. The summed E-state index contributed by atoms with van der Waals surface area (Å²) in [6.45, 7) is 0.734. The second kappa shape index (κ2) is 5.21. The summed E-state index contributed by atoms with van der Waals surface area (Å²) in [6, 6.07) is 7.19. The summed E-state index contributed by atoms with van der Waals surface area (Å²) >= 11 is 6.00. The number of fused-ring (bicyclic) bond motifs is 2. The van der Waals surface area contributed by atoms with Crippen molar-refractivity contribution in [3.05, 3.63) is 41.0 Å². The van der Waals surface area contributed by atoms with E-state index in [0.717, 1.165) is 43.2 Å². The number of ether oxygens (including phenoxy) is 1. The number of carbonyl (C=O) groups is 1. The number of nitrogens with one attached hydrogen (secondary N) is 1. The lowest BCUT2D eigenvalue weighted by Crippen LogP contribution is -2.51. The molecule has 1 saturated heterocycles. The fraction of sp³-hybridized carbons (Fsp3) is 0.412. The highest BCUT2D eigenvalue weighted by atomic mass is 35.5. The van der Waals surface area contributed by atoms with Crippen molar-refractivity contribution in [2.45, 2.75) is 37.3 Å². The second-order valence-corrected chi connectivity index (χ2v) is 6.57. The summed E-state index contributed by atoms with van der Waals surface area (Å²) in [5.41, 5.74) is 1.20. The molecule has 1 N–H and O–H groups in total. The molecule has 1 aliphatic carbocycles. The number of carbonyl (C=O) groups excluding carboxylic acids is 1. The Kier molecular flexibility index (Phi) is 3.31. The minimum atomic E-state index is -0.181. The minimum Gasteiger partial charge on any atom is -0.376 e. The van der Waals surface area contributed by atoms with Gasteiger partial charge < -0.3 is 10.1 Å². The molecule has 5 heteroatoms. The number of benzene rings is 1. The largest absolute Gasteiger partial charge is 0.376 e. The molecular formula is C17H17ClN2O2. The van der Waals surface area contributed by atoms with Gasteiger partial charge in [-0.2, -0.15) is 0 Å². The summed E-state index contributed by atoms with van der Waals surface area (Å²) in [4.78, 5) is 17.1. The maximum Gasteiger partial charge on any atom is 0.252 e. The Morgan fingerprint density at radius 2 is 2.27 bits per heavy atom. The average molecular weight is 317 g/mol. The van der Waals surface area contributed by atoms with Gasteiger partial charge in [0, 0.05) is 23.2 Å². The zero-order valence-corrected chi connectivity index (χ0v) is 12.9. The number of nitrogens with zero attached hydrogens (tertiary/aromatic N) is 1. The predicted octanol–water partition coefficient (Wildman–Crippen LogP) is 3.33. The van der Waals surface area contributed by atoms with Crippen molar-refractivity contribution < 1.29 is 9.53 Å². The normalized spacial score (nSPS) is 27.0. The average Bonchev–Trinajstić information content (AvgIpc) is 3.05. The van der Waals surface area contributed by atoms with E-state index in [-0.39, 0.29) is 17.6 Å². The van der Waals surface area contributed by atoms with Crippen LogP contribution < -0.4 is 5.32 Å². The summed E-state index contributed by atoms with van der Waals surface area (Å²) in [7, 11) is 0. The molecule has 2 aliphatic rings. The number of pyridine rings is 1. The maximum absolute atomic E-state index is 12.8. The van der Waals surface area contributed by atoms with Crippen molar-refractivity contribution in [2.24, 2.45) is 0 Å². The van der Waals surface area contributed by atoms with E-state index in [4.69, 9.17) is 16.3 Å². The van der Waals surface area contributed by atoms with Gasteiger partial charge in [-0.05, 0) is 43.9 Å². The second-order valence-electron chi connectivity index (χ2n) is 6.13. The van der Waals surface area contributed by atoms with E-state index in [0.29, 0.717) is 10.6 Å². The smallest absolute Gasteiger partial charge is 0.252 e. The fourth-order valence-corrected chi connectivity index (χ4v) is 3.94. The number of halogens is 1. The lowest BCUT2D eigenvalue weighted by Gasteiger charge is -2.29. The molecule has 1 aromatic heterocycles. The number of hydrogen-bond donors (Lipinski definition) is 1. The van der Waals surface area contributed by atoms with Crippen molar-refractivity contribution in [3.63, 3.8) is 0 Å². The molecule has 22 heavy (non-hydrogen) atoms. The van der Waals surface area contributed by atoms with Crippen molar-refractivity contribution in [3.8, 4) is 0 Å². The molecule has 2 aromatic rings. The summed E-state index contributed by atoms with van der Waals surface area (Å²) in [5, 5.41) is 4.70. The standard InChI is InChI=1S/C17H17ClN2O2/c18-11-3-4-12-13(5-8-19-14(12)10-11)16(21)20-17-6-1-2-15(17)22-9-7-17/h3-5,8,10,15H,1-2,6-7,9H2,(H,20,21)/t15-,17+/m1/s1. The Morgan fingerprint density at radius 1 is 1.36 bits per heavy atom. The Balaban J connectivity index is 1.69. The number of hydrogen-bond acceptors (Lipinski definition) is 3. The predicted molar refractivity (Wildman–Crippen MR) is 85.2 cm³/mol. The first-order valence-corrected chi connectivity index (χ1v) is 8.04. The first kappa shape index (κ1) is 14.0. The van der Waals surface area contributed by atoms with E-state index in [9.17, 15) is 4.79 Å². The van der Waals surface area contributed by atoms with Crippen molar-refractivity contribution in [1.82, 2.24) is 10.3 Å². The molecule has 2 heterocycles. The topological polar surface area (TPSA) is 51.2 Å². The molecule has 114 valence electrons. The third-order valence-corrected chi connectivity index (χ3v) is 5.12. The van der Waals surface area contributed by atoms with Gasteiger partial charge in [-0.3, -0.25) is 9.78 Å². The molecule has 2 atom stereocenters. The summed E-state index contributed by atoms with van der Waals surface area (Å²) < 4.78 is 5.78. The van der Waals surface area contributed by atoms with Crippen LogP contribution in [0.5, 0.6) is 0 Å². The molecule has 0 unspecified atom stereocenters. The van der Waals surface area contributed by atoms with E-state index >= 15 is 0 Å². The third-order valence-electron chi connectivity index (χ3n) is 4.88. The monoisotopic (exact) mass is 316 g/mol. The van der Waals surface area contributed by atoms with Gasteiger partial charge in [0.05, 0.1) is 22.7 Å². The molecule has 4 rings (SSSR count). The van der Waals surface area contributed by atoms with Gasteiger partial charge >= 0.3 is 0 Å². The minimum absolute atomic E-state index is 0.0490. The highest BCUT2D eigenvalue weighted by Gasteiger charge is 2.48. The first-order chi connectivity index (χ1) is 10.7. The van der Waals surface area contributed by atoms with Crippen LogP contribution in [-0.2, 0) is 4.74 Å². The van der Waals surface area contributed by atoms with Crippen molar-refractivity contribution >= 4 is 28.4 Å². The zero-order valence-electron chi connectivity index (χ0n) is 12.1. The Morgan fingerprint density at radius 3 is 3.18 bits per heavy atom. The van der Waals surface area contributed by atoms with E-state index in [1.165, 1.54) is 0 Å². The van der Waals surface area contributed by atoms with Crippen LogP contribution in [0.3, 0.4) is 0 Å². The lowest BCUT2D eigenvalue weighted by atomic mass is 9.93. The molecule has 1 saturated carbocycles. The molecule has 1 aromatic carbocycles. The number of rotatable bonds is 2. The van der Waals surface area contributed by atoms with Crippen LogP contribution in [0.25, 0.3) is 10.9 Å². The van der Waals surface area contributed by atoms with E-state index in [2.05, 4.69) is 10.3 Å². The van der Waals surface area contributed by atoms with Gasteiger partial charge in [-0.25, -0.2) is 0 Å². The molecule has 2 fully saturated rings. The highest BCUT2D eigenvalue weighted by Crippen LogP contribution is 2.40. The van der Waals surface area contributed by atoms with Crippen LogP contribution in [-0.4, -0.2) is 29.1 Å². The fourth-order valence-electron chi connectivity index (χ4n) is 3.77. The molecule has 4 nitrogen and oxygen atoms in total. The third kappa shape index (κ3) is 2.18. The number of aromatic nitrogens is 1. The molecule has 0 spiro atoms. The maximum atomic E-state index is 12.8. The van der Waals surface area contributed by atoms with Gasteiger partial charge in [0.25, 0.3) is 5.91 Å². The zero-order chi connectivity index (χ0) is 15.2. The molecular weight excluding hydrogens is 300 g/mol. The molecule has 1 aliphatic heterocycles. The van der Waals surface area contributed by atoms with Gasteiger partial charge in [-0.1, -0.05) is 17.7 Å². The SMILES string of the molecule is O=C(N[C@]12CCC[C@H]1OCC2)c1ccnc2cc(Cl)ccc12. The lowest BCUT2D eigenvalue weighted by molar-refractivity contribution is 0.0719. The Bertz CT molecular complexity index is 737. The van der Waals surface area contributed by atoms with Crippen molar-refractivity contribution in [1.29, 1.82) is 0 Å². The van der Waals surface area contributed by atoms with Gasteiger partial charge in [0.1, 0.15) is 0 Å². The highest BCUT2D eigenvalue weighted by molar-refractivity contribution is 6.31. The van der Waals surface area contributed by atoms with Gasteiger partial charge in [0.2, 0.25) is 0 Å². The van der Waals surface area contributed by atoms with Crippen LogP contribution in [0.2, 0.25) is 5.02 Å². The number of amides is 1. The Labute approximate surface area is 133 Å².